The minimum atomic E-state index is -0.393. The number of fused-ring (bicyclic) bond motifs is 3. The summed E-state index contributed by atoms with van der Waals surface area (Å²) in [5.74, 6) is 0.486. The molecule has 30 heavy (non-hydrogen) atoms. The maximum Gasteiger partial charge on any atom is 0.347 e. The van der Waals surface area contributed by atoms with Crippen molar-refractivity contribution in [2.45, 2.75) is 25.8 Å². The normalized spacial score (nSPS) is 19.6. The van der Waals surface area contributed by atoms with Gasteiger partial charge in [0.25, 0.3) is 0 Å². The number of benzene rings is 1. The molecule has 1 aromatic carbocycles. The van der Waals surface area contributed by atoms with Crippen LogP contribution in [0.25, 0.3) is 33.4 Å². The molecule has 0 aliphatic carbocycles. The van der Waals surface area contributed by atoms with Crippen molar-refractivity contribution in [3.05, 3.63) is 58.6 Å². The van der Waals surface area contributed by atoms with E-state index in [1.54, 1.807) is 6.07 Å². The van der Waals surface area contributed by atoms with Crippen molar-refractivity contribution in [3.63, 3.8) is 0 Å². The van der Waals surface area contributed by atoms with Gasteiger partial charge in [0.1, 0.15) is 22.4 Å². The Bertz CT molecular complexity index is 1320. The molecular formula is C24H23N3O3. The second-order valence-electron chi connectivity index (χ2n) is 8.39. The van der Waals surface area contributed by atoms with Crippen LogP contribution in [0.5, 0.6) is 0 Å². The fourth-order valence-corrected chi connectivity index (χ4v) is 4.85. The molecule has 0 spiro atoms. The van der Waals surface area contributed by atoms with E-state index in [9.17, 15) is 4.79 Å². The van der Waals surface area contributed by atoms with E-state index in [4.69, 9.17) is 8.83 Å². The van der Waals surface area contributed by atoms with Crippen LogP contribution in [0.2, 0.25) is 0 Å². The van der Waals surface area contributed by atoms with Gasteiger partial charge in [0, 0.05) is 54.6 Å². The number of aromatic nitrogens is 1. The summed E-state index contributed by atoms with van der Waals surface area (Å²) in [6.45, 7) is 6.31. The van der Waals surface area contributed by atoms with Crippen LogP contribution in [0.4, 0.5) is 5.69 Å². The highest BCUT2D eigenvalue weighted by molar-refractivity contribution is 5.86. The van der Waals surface area contributed by atoms with Gasteiger partial charge in [-0.05, 0) is 56.6 Å². The number of hydrogen-bond acceptors (Lipinski definition) is 6. The van der Waals surface area contributed by atoms with Gasteiger partial charge in [-0.1, -0.05) is 0 Å². The Morgan fingerprint density at radius 1 is 1.00 bits per heavy atom. The van der Waals surface area contributed by atoms with E-state index in [-0.39, 0.29) is 0 Å². The minimum absolute atomic E-state index is 0.393. The van der Waals surface area contributed by atoms with E-state index in [0.29, 0.717) is 28.5 Å². The highest BCUT2D eigenvalue weighted by Gasteiger charge is 2.30. The number of hydrogen-bond donors (Lipinski definition) is 0. The lowest BCUT2D eigenvalue weighted by Gasteiger charge is -2.38. The van der Waals surface area contributed by atoms with Crippen molar-refractivity contribution < 1.29 is 8.83 Å². The average Bonchev–Trinajstić information content (AvgIpc) is 3.38. The van der Waals surface area contributed by atoms with E-state index < -0.39 is 5.63 Å². The van der Waals surface area contributed by atoms with Crippen molar-refractivity contribution in [2.24, 2.45) is 0 Å². The van der Waals surface area contributed by atoms with Crippen molar-refractivity contribution in [1.82, 2.24) is 9.88 Å². The molecule has 0 bridgehead atoms. The van der Waals surface area contributed by atoms with Crippen LogP contribution >= 0.6 is 0 Å². The third-order valence-corrected chi connectivity index (χ3v) is 6.45. The SMILES string of the molecule is Cc1ccc2oc(-c3cc4ccc(N5CCN6CCC[C@H]6C5)cc4oc3=O)cc2n1. The first-order chi connectivity index (χ1) is 14.6. The molecule has 2 aliphatic rings. The molecule has 2 saturated heterocycles. The first kappa shape index (κ1) is 17.7. The van der Waals surface area contributed by atoms with Crippen molar-refractivity contribution in [1.29, 1.82) is 0 Å². The summed E-state index contributed by atoms with van der Waals surface area (Å²) >= 11 is 0. The summed E-state index contributed by atoms with van der Waals surface area (Å²) < 4.78 is 11.6. The standard InChI is InChI=1S/C24H23N3O3/c1-15-4-7-21-20(25-15)13-23(29-21)19-11-16-5-6-17(12-22(16)30-24(19)28)27-10-9-26-8-2-3-18(26)14-27/h4-7,11-13,18H,2-3,8-10,14H2,1H3/t18-/m0/s1. The van der Waals surface area contributed by atoms with Crippen molar-refractivity contribution >= 4 is 27.8 Å². The van der Waals surface area contributed by atoms with Gasteiger partial charge in [0.2, 0.25) is 0 Å². The predicted molar refractivity (Wildman–Crippen MR) is 117 cm³/mol. The molecule has 0 radical (unpaired) electrons. The molecule has 0 N–H and O–H groups in total. The van der Waals surface area contributed by atoms with Crippen LogP contribution in [0.15, 0.2) is 56.1 Å². The van der Waals surface area contributed by atoms with Gasteiger partial charge in [-0.3, -0.25) is 4.90 Å². The maximum atomic E-state index is 12.7. The molecule has 2 aliphatic heterocycles. The molecule has 1 atom stereocenters. The summed E-state index contributed by atoms with van der Waals surface area (Å²) in [7, 11) is 0. The topological polar surface area (TPSA) is 62.7 Å². The molecule has 152 valence electrons. The molecule has 2 fully saturated rings. The first-order valence-corrected chi connectivity index (χ1v) is 10.6. The lowest BCUT2D eigenvalue weighted by molar-refractivity contribution is 0.231. The Labute approximate surface area is 173 Å². The van der Waals surface area contributed by atoms with Gasteiger partial charge < -0.3 is 13.7 Å². The summed E-state index contributed by atoms with van der Waals surface area (Å²) in [5, 5.41) is 0.887. The van der Waals surface area contributed by atoms with Crippen LogP contribution in [-0.2, 0) is 0 Å². The summed E-state index contributed by atoms with van der Waals surface area (Å²) in [6, 6.07) is 14.2. The summed E-state index contributed by atoms with van der Waals surface area (Å²) in [6.07, 6.45) is 2.57. The van der Waals surface area contributed by atoms with Gasteiger partial charge in [-0.25, -0.2) is 9.78 Å². The average molecular weight is 401 g/mol. The number of anilines is 1. The summed E-state index contributed by atoms with van der Waals surface area (Å²) in [5.41, 5.74) is 4.07. The molecule has 5 heterocycles. The second kappa shape index (κ2) is 6.71. The fourth-order valence-electron chi connectivity index (χ4n) is 4.85. The minimum Gasteiger partial charge on any atom is -0.454 e. The number of nitrogens with zero attached hydrogens (tertiary/aromatic N) is 3. The second-order valence-corrected chi connectivity index (χ2v) is 8.39. The van der Waals surface area contributed by atoms with E-state index in [2.05, 4.69) is 20.9 Å². The smallest absolute Gasteiger partial charge is 0.347 e. The maximum absolute atomic E-state index is 12.7. The third kappa shape index (κ3) is 2.91. The first-order valence-electron chi connectivity index (χ1n) is 10.6. The molecule has 0 amide bonds. The monoisotopic (exact) mass is 401 g/mol. The van der Waals surface area contributed by atoms with Crippen LogP contribution in [-0.4, -0.2) is 42.1 Å². The Morgan fingerprint density at radius 3 is 2.87 bits per heavy atom. The molecular weight excluding hydrogens is 378 g/mol. The molecule has 0 saturated carbocycles. The van der Waals surface area contributed by atoms with Crippen LogP contribution < -0.4 is 10.5 Å². The van der Waals surface area contributed by atoms with E-state index >= 15 is 0 Å². The van der Waals surface area contributed by atoms with E-state index in [1.165, 1.54) is 19.4 Å². The molecule has 6 rings (SSSR count). The zero-order valence-corrected chi connectivity index (χ0v) is 16.9. The number of pyridine rings is 1. The number of aryl methyl sites for hydroxylation is 1. The third-order valence-electron chi connectivity index (χ3n) is 6.45. The highest BCUT2D eigenvalue weighted by Crippen LogP contribution is 2.30. The van der Waals surface area contributed by atoms with Crippen molar-refractivity contribution in [2.75, 3.05) is 31.1 Å². The largest absolute Gasteiger partial charge is 0.454 e. The summed E-state index contributed by atoms with van der Waals surface area (Å²) in [4.78, 5) is 22.2. The number of rotatable bonds is 2. The highest BCUT2D eigenvalue weighted by atomic mass is 16.4. The molecule has 0 unspecified atom stereocenters. The fraction of sp³-hybridized carbons (Fsp3) is 0.333. The Hall–Kier alpha value is -3.12. The number of piperazine rings is 1. The zero-order chi connectivity index (χ0) is 20.2. The van der Waals surface area contributed by atoms with Gasteiger partial charge in [0.15, 0.2) is 5.58 Å². The van der Waals surface area contributed by atoms with Crippen LogP contribution in [0.1, 0.15) is 18.5 Å². The lowest BCUT2D eigenvalue weighted by Crippen LogP contribution is -2.50. The van der Waals surface area contributed by atoms with Crippen molar-refractivity contribution in [3.8, 4) is 11.3 Å². The molecule has 4 aromatic rings. The Balaban J connectivity index is 1.36. The molecule has 6 heteroatoms. The molecule has 6 nitrogen and oxygen atoms in total. The van der Waals surface area contributed by atoms with E-state index in [0.717, 1.165) is 41.9 Å². The quantitative estimate of drug-likeness (QED) is 0.469. The lowest BCUT2D eigenvalue weighted by atomic mass is 10.1. The van der Waals surface area contributed by atoms with Gasteiger partial charge in [0.05, 0.1) is 0 Å². The Kier molecular flexibility index (Phi) is 3.96. The predicted octanol–water partition coefficient (Wildman–Crippen LogP) is 4.19. The van der Waals surface area contributed by atoms with Gasteiger partial charge in [-0.2, -0.15) is 0 Å². The van der Waals surface area contributed by atoms with Gasteiger partial charge >= 0.3 is 5.63 Å². The van der Waals surface area contributed by atoms with Crippen LogP contribution in [0.3, 0.4) is 0 Å². The zero-order valence-electron chi connectivity index (χ0n) is 16.9. The van der Waals surface area contributed by atoms with Crippen LogP contribution in [0, 0.1) is 6.92 Å². The van der Waals surface area contributed by atoms with E-state index in [1.807, 2.05) is 37.3 Å². The Morgan fingerprint density at radius 2 is 1.93 bits per heavy atom. The number of furan rings is 1. The van der Waals surface area contributed by atoms with Gasteiger partial charge in [-0.15, -0.1) is 0 Å². The molecule has 3 aromatic heterocycles.